The van der Waals surface area contributed by atoms with E-state index >= 15 is 0 Å². The van der Waals surface area contributed by atoms with Crippen LogP contribution in [-0.2, 0) is 34.1 Å². The van der Waals surface area contributed by atoms with E-state index in [0.717, 1.165) is 91.7 Å². The molecule has 362 valence electrons. The van der Waals surface area contributed by atoms with E-state index in [1.165, 1.54) is 103 Å². The third kappa shape index (κ3) is 27.0. The summed E-state index contributed by atoms with van der Waals surface area (Å²) in [7, 11) is -3.68. The molecular formula is C54H86O9S. The first-order valence-corrected chi connectivity index (χ1v) is 27.1. The lowest BCUT2D eigenvalue weighted by molar-refractivity contribution is 0.274. The van der Waals surface area contributed by atoms with Crippen LogP contribution in [0.25, 0.3) is 0 Å². The molecule has 0 saturated heterocycles. The molecule has 3 rings (SSSR count). The minimum Gasteiger partial charge on any atom is -0.493 e. The van der Waals surface area contributed by atoms with Crippen LogP contribution in [0.2, 0.25) is 0 Å². The summed E-state index contributed by atoms with van der Waals surface area (Å²) >= 11 is 0. The maximum Gasteiger partial charge on any atom is 0.264 e. The molecule has 0 atom stereocenters. The van der Waals surface area contributed by atoms with Gasteiger partial charge in [0.2, 0.25) is 0 Å². The second-order valence-corrected chi connectivity index (χ2v) is 19.1. The van der Waals surface area contributed by atoms with Crippen molar-refractivity contribution in [2.75, 3.05) is 32.7 Å². The zero-order valence-electron chi connectivity index (χ0n) is 40.7. The molecule has 0 amide bonds. The Labute approximate surface area is 389 Å². The van der Waals surface area contributed by atoms with Crippen LogP contribution in [0, 0.1) is 0 Å². The molecule has 0 aliphatic rings. The normalized spacial score (nSPS) is 11.5. The van der Waals surface area contributed by atoms with Crippen LogP contribution in [-0.4, -0.2) is 41.1 Å². The Morgan fingerprint density at radius 1 is 0.312 bits per heavy atom. The number of hydrogen-bond donors (Lipinski definition) is 0. The van der Waals surface area contributed by atoms with Crippen LogP contribution in [0.3, 0.4) is 0 Å². The molecule has 0 aromatic heterocycles. The van der Waals surface area contributed by atoms with E-state index in [0.29, 0.717) is 43.5 Å². The SMILES string of the molecule is CCCCCCCCOc1cc(COc2cc(COS(C)(=O)=O)cc(OCc3cc(OCCCCCCCC)cc(OCCCCCCCC)c3)c2)cc(OCCCCCCCC)c1. The Kier molecular flexibility index (Phi) is 29.6. The molecule has 0 bridgehead atoms. The van der Waals surface area contributed by atoms with Crippen LogP contribution in [0.5, 0.6) is 34.5 Å². The molecule has 9 nitrogen and oxygen atoms in total. The Morgan fingerprint density at radius 2 is 0.547 bits per heavy atom. The van der Waals surface area contributed by atoms with E-state index in [2.05, 4.69) is 27.7 Å². The lowest BCUT2D eigenvalue weighted by Crippen LogP contribution is -2.05. The first-order valence-electron chi connectivity index (χ1n) is 25.2. The van der Waals surface area contributed by atoms with Crippen molar-refractivity contribution in [2.24, 2.45) is 0 Å². The van der Waals surface area contributed by atoms with Crippen molar-refractivity contribution >= 4 is 10.1 Å². The number of benzene rings is 3. The van der Waals surface area contributed by atoms with E-state index in [-0.39, 0.29) is 19.8 Å². The van der Waals surface area contributed by atoms with Crippen molar-refractivity contribution in [3.8, 4) is 34.5 Å². The Morgan fingerprint density at radius 3 is 0.812 bits per heavy atom. The molecule has 10 heteroatoms. The first-order chi connectivity index (χ1) is 31.2. The molecule has 3 aromatic carbocycles. The second-order valence-electron chi connectivity index (χ2n) is 17.4. The van der Waals surface area contributed by atoms with E-state index in [1.807, 2.05) is 42.5 Å². The quantitative estimate of drug-likeness (QED) is 0.0407. The lowest BCUT2D eigenvalue weighted by atomic mass is 10.1. The van der Waals surface area contributed by atoms with Gasteiger partial charge in [-0.3, -0.25) is 4.18 Å². The summed E-state index contributed by atoms with van der Waals surface area (Å²) in [6.07, 6.45) is 29.7. The van der Waals surface area contributed by atoms with Gasteiger partial charge < -0.3 is 28.4 Å². The van der Waals surface area contributed by atoms with E-state index < -0.39 is 10.1 Å². The highest BCUT2D eigenvalue weighted by Crippen LogP contribution is 2.30. The molecule has 0 aliphatic heterocycles. The predicted octanol–water partition coefficient (Wildman–Crippen LogP) is 15.3. The van der Waals surface area contributed by atoms with Crippen molar-refractivity contribution in [2.45, 2.75) is 202 Å². The van der Waals surface area contributed by atoms with Gasteiger partial charge in [0.25, 0.3) is 10.1 Å². The summed E-state index contributed by atoms with van der Waals surface area (Å²) in [5.74, 6) is 4.11. The van der Waals surface area contributed by atoms with Crippen molar-refractivity contribution in [3.05, 3.63) is 71.3 Å². The molecule has 0 N–H and O–H groups in total. The maximum absolute atomic E-state index is 12.0. The fourth-order valence-electron chi connectivity index (χ4n) is 7.44. The molecule has 0 fully saturated rings. The van der Waals surface area contributed by atoms with Gasteiger partial charge in [0.05, 0.1) is 39.3 Å². The van der Waals surface area contributed by atoms with E-state index in [9.17, 15) is 8.42 Å². The molecule has 3 aromatic rings. The van der Waals surface area contributed by atoms with Crippen molar-refractivity contribution in [1.29, 1.82) is 0 Å². The fraction of sp³-hybridized carbons (Fsp3) is 0.667. The van der Waals surface area contributed by atoms with Gasteiger partial charge in [0.15, 0.2) is 0 Å². The highest BCUT2D eigenvalue weighted by Gasteiger charge is 2.12. The third-order valence-corrected chi connectivity index (χ3v) is 11.7. The van der Waals surface area contributed by atoms with Crippen molar-refractivity contribution in [1.82, 2.24) is 0 Å². The lowest BCUT2D eigenvalue weighted by Gasteiger charge is -2.16. The number of unbranched alkanes of at least 4 members (excludes halogenated alkanes) is 20. The van der Waals surface area contributed by atoms with Crippen molar-refractivity contribution < 1.29 is 41.0 Å². The Balaban J connectivity index is 1.75. The average molecular weight is 911 g/mol. The molecule has 0 spiro atoms. The van der Waals surface area contributed by atoms with Gasteiger partial charge >= 0.3 is 0 Å². The molecule has 0 heterocycles. The van der Waals surface area contributed by atoms with Crippen LogP contribution in [0.1, 0.15) is 198 Å². The van der Waals surface area contributed by atoms with Crippen LogP contribution in [0.4, 0.5) is 0 Å². The highest BCUT2D eigenvalue weighted by molar-refractivity contribution is 7.85. The maximum atomic E-state index is 12.0. The van der Waals surface area contributed by atoms with Crippen LogP contribution >= 0.6 is 0 Å². The standard InChI is InChI=1S/C54H86O9S/c1-6-10-14-18-22-26-30-57-49-34-46(35-50(40-49)58-31-27-23-19-15-11-7-2)43-61-53-38-48(45-63-64(5,55)56)39-54(42-53)62-44-47-36-51(59-32-28-24-20-16-12-8-3)41-52(37-47)60-33-29-25-21-17-13-9-4/h34-42H,6-33,43-45H2,1-5H3. The fourth-order valence-corrected chi connectivity index (χ4v) is 7.79. The highest BCUT2D eigenvalue weighted by atomic mass is 32.2. The summed E-state index contributed by atoms with van der Waals surface area (Å²) in [6, 6.07) is 17.4. The zero-order valence-corrected chi connectivity index (χ0v) is 41.5. The molecule has 64 heavy (non-hydrogen) atoms. The molecule has 0 unspecified atom stereocenters. The molecule has 0 aliphatic carbocycles. The smallest absolute Gasteiger partial charge is 0.264 e. The predicted molar refractivity (Wildman–Crippen MR) is 263 cm³/mol. The van der Waals surface area contributed by atoms with Gasteiger partial charge in [-0.05, 0) is 78.8 Å². The van der Waals surface area contributed by atoms with Gasteiger partial charge in [-0.15, -0.1) is 0 Å². The minimum atomic E-state index is -3.68. The monoisotopic (exact) mass is 911 g/mol. The summed E-state index contributed by atoms with van der Waals surface area (Å²) in [5, 5.41) is 0. The summed E-state index contributed by atoms with van der Waals surface area (Å²) in [6.45, 7) is 11.9. The topological polar surface area (TPSA) is 98.8 Å². The van der Waals surface area contributed by atoms with Gasteiger partial charge in [0, 0.05) is 18.2 Å². The summed E-state index contributed by atoms with van der Waals surface area (Å²) in [4.78, 5) is 0. The number of hydrogen-bond acceptors (Lipinski definition) is 9. The van der Waals surface area contributed by atoms with Crippen LogP contribution < -0.4 is 28.4 Å². The molecule has 0 radical (unpaired) electrons. The summed E-state index contributed by atoms with van der Waals surface area (Å²) in [5.41, 5.74) is 2.42. The van der Waals surface area contributed by atoms with E-state index in [4.69, 9.17) is 32.6 Å². The Hall–Kier alpha value is -3.63. The minimum absolute atomic E-state index is 0.150. The largest absolute Gasteiger partial charge is 0.493 e. The zero-order chi connectivity index (χ0) is 45.9. The second kappa shape index (κ2) is 34.7. The van der Waals surface area contributed by atoms with Gasteiger partial charge in [-0.1, -0.05) is 156 Å². The summed E-state index contributed by atoms with van der Waals surface area (Å²) < 4.78 is 67.0. The van der Waals surface area contributed by atoms with Gasteiger partial charge in [-0.2, -0.15) is 8.42 Å². The van der Waals surface area contributed by atoms with Gasteiger partial charge in [0.1, 0.15) is 47.7 Å². The molecule has 0 saturated carbocycles. The third-order valence-electron chi connectivity index (χ3n) is 11.1. The molecular weight excluding hydrogens is 825 g/mol. The number of ether oxygens (including phenoxy) is 6. The van der Waals surface area contributed by atoms with Crippen molar-refractivity contribution in [3.63, 3.8) is 0 Å². The Bertz CT molecular complexity index is 1570. The first kappa shape index (κ1) is 54.7. The van der Waals surface area contributed by atoms with E-state index in [1.54, 1.807) is 12.1 Å². The van der Waals surface area contributed by atoms with Gasteiger partial charge in [-0.25, -0.2) is 0 Å². The van der Waals surface area contributed by atoms with Crippen LogP contribution in [0.15, 0.2) is 54.6 Å². The average Bonchev–Trinajstić information content (AvgIpc) is 3.28. The number of rotatable bonds is 41.